The van der Waals surface area contributed by atoms with Gasteiger partial charge in [0.05, 0.1) is 22.6 Å². The van der Waals surface area contributed by atoms with Crippen molar-refractivity contribution in [2.45, 2.75) is 19.6 Å². The molecule has 0 saturated heterocycles. The normalized spacial score (nSPS) is 15.6. The number of imidazole rings is 1. The van der Waals surface area contributed by atoms with Crippen LogP contribution in [0.1, 0.15) is 24.1 Å². The SMILES string of the molecule is CC1=C(C(=O)OCc2ccccc2)[C@@H](c2cccnc2)n2c(nc3ccccc32)N1. The van der Waals surface area contributed by atoms with Gasteiger partial charge in [0.25, 0.3) is 0 Å². The number of hydrogen-bond acceptors (Lipinski definition) is 5. The third-order valence-electron chi connectivity index (χ3n) is 5.26. The van der Waals surface area contributed by atoms with Crippen molar-refractivity contribution in [2.75, 3.05) is 5.32 Å². The maximum Gasteiger partial charge on any atom is 0.338 e. The Balaban J connectivity index is 1.59. The number of anilines is 1. The van der Waals surface area contributed by atoms with E-state index in [-0.39, 0.29) is 18.6 Å². The number of rotatable bonds is 4. The van der Waals surface area contributed by atoms with Crippen LogP contribution in [-0.4, -0.2) is 20.5 Å². The molecule has 0 amide bonds. The first kappa shape index (κ1) is 18.1. The maximum absolute atomic E-state index is 13.3. The van der Waals surface area contributed by atoms with Crippen molar-refractivity contribution < 1.29 is 9.53 Å². The van der Waals surface area contributed by atoms with E-state index in [1.165, 1.54) is 0 Å². The third kappa shape index (κ3) is 3.12. The lowest BCUT2D eigenvalue weighted by Crippen LogP contribution is -2.29. The summed E-state index contributed by atoms with van der Waals surface area (Å²) >= 11 is 0. The Kier molecular flexibility index (Phi) is 4.52. The van der Waals surface area contributed by atoms with Crippen LogP contribution in [0.5, 0.6) is 0 Å². The van der Waals surface area contributed by atoms with Gasteiger partial charge in [0.15, 0.2) is 0 Å². The van der Waals surface area contributed by atoms with Crippen LogP contribution in [0.15, 0.2) is 90.4 Å². The lowest BCUT2D eigenvalue weighted by molar-refractivity contribution is -0.140. The average Bonchev–Trinajstić information content (AvgIpc) is 3.15. The number of hydrogen-bond donors (Lipinski definition) is 1. The van der Waals surface area contributed by atoms with Gasteiger partial charge in [-0.2, -0.15) is 0 Å². The zero-order valence-electron chi connectivity index (χ0n) is 16.4. The highest BCUT2D eigenvalue weighted by Crippen LogP contribution is 2.39. The molecule has 4 aromatic rings. The minimum Gasteiger partial charge on any atom is -0.457 e. The zero-order chi connectivity index (χ0) is 20.5. The molecule has 5 rings (SSSR count). The Morgan fingerprint density at radius 1 is 1.07 bits per heavy atom. The predicted molar refractivity (Wildman–Crippen MR) is 115 cm³/mol. The summed E-state index contributed by atoms with van der Waals surface area (Å²) in [6.07, 6.45) is 3.51. The van der Waals surface area contributed by atoms with Gasteiger partial charge in [-0.1, -0.05) is 48.5 Å². The number of pyridine rings is 1. The van der Waals surface area contributed by atoms with Crippen LogP contribution in [0.25, 0.3) is 11.0 Å². The number of fused-ring (bicyclic) bond motifs is 3. The van der Waals surface area contributed by atoms with Crippen LogP contribution in [0.4, 0.5) is 5.95 Å². The van der Waals surface area contributed by atoms with Gasteiger partial charge in [-0.05, 0) is 36.2 Å². The van der Waals surface area contributed by atoms with E-state index in [1.54, 1.807) is 12.4 Å². The summed E-state index contributed by atoms with van der Waals surface area (Å²) in [7, 11) is 0. The number of allylic oxidation sites excluding steroid dienone is 1. The standard InChI is InChI=1S/C24H20N4O2/c1-16-21(23(29)30-15-17-8-3-2-4-9-17)22(18-10-7-13-25-14-18)28-20-12-6-5-11-19(20)27-24(28)26-16/h2-14,22H,15H2,1H3,(H,26,27)/t22-/m1/s1. The van der Waals surface area contributed by atoms with Gasteiger partial charge in [-0.15, -0.1) is 0 Å². The molecule has 0 aliphatic carbocycles. The van der Waals surface area contributed by atoms with Crippen LogP contribution < -0.4 is 5.32 Å². The van der Waals surface area contributed by atoms with E-state index in [0.29, 0.717) is 11.5 Å². The molecule has 0 fully saturated rings. The van der Waals surface area contributed by atoms with Crippen LogP contribution in [-0.2, 0) is 16.1 Å². The third-order valence-corrected chi connectivity index (χ3v) is 5.26. The monoisotopic (exact) mass is 396 g/mol. The molecule has 0 spiro atoms. The van der Waals surface area contributed by atoms with Gasteiger partial charge < -0.3 is 10.1 Å². The molecule has 0 bridgehead atoms. The summed E-state index contributed by atoms with van der Waals surface area (Å²) in [4.78, 5) is 22.3. The topological polar surface area (TPSA) is 69.0 Å². The summed E-state index contributed by atoms with van der Waals surface area (Å²) in [5.41, 5.74) is 4.92. The van der Waals surface area contributed by atoms with Crippen molar-refractivity contribution >= 4 is 23.0 Å². The minimum absolute atomic E-state index is 0.216. The lowest BCUT2D eigenvalue weighted by Gasteiger charge is -2.30. The summed E-state index contributed by atoms with van der Waals surface area (Å²) in [5, 5.41) is 3.29. The molecule has 30 heavy (non-hydrogen) atoms. The largest absolute Gasteiger partial charge is 0.457 e. The number of nitrogens with zero attached hydrogens (tertiary/aromatic N) is 3. The number of ether oxygens (including phenoxy) is 1. The van der Waals surface area contributed by atoms with Crippen LogP contribution in [0.2, 0.25) is 0 Å². The van der Waals surface area contributed by atoms with Gasteiger partial charge in [0.2, 0.25) is 5.95 Å². The smallest absolute Gasteiger partial charge is 0.338 e. The number of aromatic nitrogens is 3. The summed E-state index contributed by atoms with van der Waals surface area (Å²) in [5.74, 6) is 0.336. The molecule has 1 N–H and O–H groups in total. The van der Waals surface area contributed by atoms with Crippen molar-refractivity contribution in [3.63, 3.8) is 0 Å². The van der Waals surface area contributed by atoms with Gasteiger partial charge in [0.1, 0.15) is 6.61 Å². The molecular weight excluding hydrogens is 376 g/mol. The second-order valence-corrected chi connectivity index (χ2v) is 7.21. The Bertz CT molecular complexity index is 1250. The van der Waals surface area contributed by atoms with E-state index < -0.39 is 0 Å². The van der Waals surface area contributed by atoms with Crippen molar-refractivity contribution in [3.8, 4) is 0 Å². The fourth-order valence-corrected chi connectivity index (χ4v) is 3.88. The van der Waals surface area contributed by atoms with Crippen LogP contribution >= 0.6 is 0 Å². The molecule has 148 valence electrons. The molecule has 0 saturated carbocycles. The highest BCUT2D eigenvalue weighted by Gasteiger charge is 2.35. The Labute approximate surface area is 173 Å². The number of carbonyl (C=O) groups is 1. The van der Waals surface area contributed by atoms with Crippen molar-refractivity contribution in [1.29, 1.82) is 0 Å². The van der Waals surface area contributed by atoms with Crippen LogP contribution in [0, 0.1) is 0 Å². The first-order chi connectivity index (χ1) is 14.7. The Hall–Kier alpha value is -3.93. The van der Waals surface area contributed by atoms with E-state index in [4.69, 9.17) is 9.72 Å². The van der Waals surface area contributed by atoms with Crippen LogP contribution in [0.3, 0.4) is 0 Å². The highest BCUT2D eigenvalue weighted by atomic mass is 16.5. The molecule has 6 nitrogen and oxygen atoms in total. The van der Waals surface area contributed by atoms with Crippen molar-refractivity contribution in [3.05, 3.63) is 102 Å². The number of benzene rings is 2. The highest BCUT2D eigenvalue weighted by molar-refractivity contribution is 5.94. The number of nitrogens with one attached hydrogen (secondary N) is 1. The molecule has 1 aliphatic rings. The summed E-state index contributed by atoms with van der Waals surface area (Å²) < 4.78 is 7.74. The molecule has 6 heteroatoms. The second kappa shape index (κ2) is 7.48. The summed E-state index contributed by atoms with van der Waals surface area (Å²) in [6, 6.07) is 21.0. The quantitative estimate of drug-likeness (QED) is 0.516. The predicted octanol–water partition coefficient (Wildman–Crippen LogP) is 4.46. The molecule has 0 unspecified atom stereocenters. The van der Waals surface area contributed by atoms with E-state index in [1.807, 2.05) is 78.2 Å². The molecule has 0 radical (unpaired) electrons. The van der Waals surface area contributed by atoms with Gasteiger partial charge in [-0.3, -0.25) is 9.55 Å². The Morgan fingerprint density at radius 3 is 2.67 bits per heavy atom. The van der Waals surface area contributed by atoms with Gasteiger partial charge >= 0.3 is 5.97 Å². The van der Waals surface area contributed by atoms with Gasteiger partial charge in [-0.25, -0.2) is 9.78 Å². The fraction of sp³-hybridized carbons (Fsp3) is 0.125. The maximum atomic E-state index is 13.3. The van der Waals surface area contributed by atoms with Crippen molar-refractivity contribution in [2.24, 2.45) is 0 Å². The average molecular weight is 396 g/mol. The van der Waals surface area contributed by atoms with E-state index >= 15 is 0 Å². The fourth-order valence-electron chi connectivity index (χ4n) is 3.88. The first-order valence-corrected chi connectivity index (χ1v) is 9.78. The van der Waals surface area contributed by atoms with E-state index in [2.05, 4.69) is 10.3 Å². The zero-order valence-corrected chi connectivity index (χ0v) is 16.4. The number of carbonyl (C=O) groups excluding carboxylic acids is 1. The number of esters is 1. The van der Waals surface area contributed by atoms with E-state index in [0.717, 1.165) is 27.9 Å². The van der Waals surface area contributed by atoms with Gasteiger partial charge in [0, 0.05) is 18.1 Å². The molecule has 2 aromatic heterocycles. The molecule has 2 aromatic carbocycles. The number of para-hydroxylation sites is 2. The van der Waals surface area contributed by atoms with Crippen molar-refractivity contribution in [1.82, 2.24) is 14.5 Å². The second-order valence-electron chi connectivity index (χ2n) is 7.21. The molecule has 1 atom stereocenters. The Morgan fingerprint density at radius 2 is 1.87 bits per heavy atom. The molecule has 1 aliphatic heterocycles. The molecule has 3 heterocycles. The first-order valence-electron chi connectivity index (χ1n) is 9.78. The molecular formula is C24H20N4O2. The minimum atomic E-state index is -0.384. The lowest BCUT2D eigenvalue weighted by atomic mass is 9.96. The van der Waals surface area contributed by atoms with E-state index in [9.17, 15) is 4.79 Å². The summed E-state index contributed by atoms with van der Waals surface area (Å²) in [6.45, 7) is 2.10.